The van der Waals surface area contributed by atoms with Crippen LogP contribution in [0.4, 0.5) is 16.0 Å². The van der Waals surface area contributed by atoms with Crippen molar-refractivity contribution >= 4 is 23.4 Å². The fourth-order valence-electron chi connectivity index (χ4n) is 2.86. The van der Waals surface area contributed by atoms with Crippen LogP contribution >= 0.6 is 11.8 Å². The summed E-state index contributed by atoms with van der Waals surface area (Å²) in [5, 5.41) is 9.60. The van der Waals surface area contributed by atoms with Gasteiger partial charge in [0.1, 0.15) is 5.82 Å². The van der Waals surface area contributed by atoms with E-state index < -0.39 is 0 Å². The second kappa shape index (κ2) is 6.28. The number of nitrogens with zero attached hydrogens (tertiary/aromatic N) is 4. The fourth-order valence-corrected chi connectivity index (χ4v) is 3.90. The first-order valence-electron chi connectivity index (χ1n) is 7.86. The number of fused-ring (bicyclic) bond motifs is 1. The minimum Gasteiger partial charge on any atom is -0.309 e. The zero-order valence-electron chi connectivity index (χ0n) is 13.3. The standard InChI is InChI=1S/C18H17FN4S/c1-13-4-2-3-5-14(13)12-24-18-21-20-17-22(10-11-23(17)18)16-8-6-15(19)7-9-16/h2-9H,10-12H2,1H3. The van der Waals surface area contributed by atoms with Crippen LogP contribution < -0.4 is 4.90 Å². The molecule has 1 aliphatic heterocycles. The first-order chi connectivity index (χ1) is 11.7. The quantitative estimate of drug-likeness (QED) is 0.668. The summed E-state index contributed by atoms with van der Waals surface area (Å²) >= 11 is 1.70. The number of rotatable bonds is 4. The number of hydrogen-bond acceptors (Lipinski definition) is 4. The molecule has 2 aromatic carbocycles. The van der Waals surface area contributed by atoms with Gasteiger partial charge in [0.25, 0.3) is 0 Å². The van der Waals surface area contributed by atoms with Crippen LogP contribution in [0.1, 0.15) is 11.1 Å². The van der Waals surface area contributed by atoms with Crippen LogP contribution in [0.3, 0.4) is 0 Å². The molecule has 4 rings (SSSR count). The SMILES string of the molecule is Cc1ccccc1CSc1nnc2n1CCN2c1ccc(F)cc1. The topological polar surface area (TPSA) is 34.0 Å². The minimum absolute atomic E-state index is 0.228. The average Bonchev–Trinajstić information content (AvgIpc) is 3.17. The molecule has 6 heteroatoms. The van der Waals surface area contributed by atoms with Crippen molar-refractivity contribution in [3.8, 4) is 0 Å². The average molecular weight is 340 g/mol. The Morgan fingerprint density at radius 2 is 1.83 bits per heavy atom. The highest BCUT2D eigenvalue weighted by Crippen LogP contribution is 2.33. The van der Waals surface area contributed by atoms with Gasteiger partial charge in [-0.2, -0.15) is 0 Å². The Hall–Kier alpha value is -2.34. The number of benzene rings is 2. The predicted octanol–water partition coefficient (Wildman–Crippen LogP) is 4.17. The third kappa shape index (κ3) is 2.78. The van der Waals surface area contributed by atoms with Crippen LogP contribution in [0.25, 0.3) is 0 Å². The molecule has 122 valence electrons. The summed E-state index contributed by atoms with van der Waals surface area (Å²) in [6.07, 6.45) is 0. The summed E-state index contributed by atoms with van der Waals surface area (Å²) in [6, 6.07) is 14.9. The van der Waals surface area contributed by atoms with E-state index in [2.05, 4.69) is 50.9 Å². The molecular weight excluding hydrogens is 323 g/mol. The highest BCUT2D eigenvalue weighted by Gasteiger charge is 2.26. The van der Waals surface area contributed by atoms with E-state index >= 15 is 0 Å². The summed E-state index contributed by atoms with van der Waals surface area (Å²) in [6.45, 7) is 3.80. The second-order valence-electron chi connectivity index (χ2n) is 5.78. The van der Waals surface area contributed by atoms with E-state index in [9.17, 15) is 4.39 Å². The number of aromatic nitrogens is 3. The molecule has 0 bridgehead atoms. The summed E-state index contributed by atoms with van der Waals surface area (Å²) < 4.78 is 15.2. The molecule has 0 aliphatic carbocycles. The van der Waals surface area contributed by atoms with Crippen molar-refractivity contribution in [1.82, 2.24) is 14.8 Å². The van der Waals surface area contributed by atoms with Gasteiger partial charge < -0.3 is 4.90 Å². The van der Waals surface area contributed by atoms with Crippen LogP contribution in [-0.4, -0.2) is 21.3 Å². The smallest absolute Gasteiger partial charge is 0.232 e. The number of anilines is 2. The van der Waals surface area contributed by atoms with Crippen LogP contribution in [0.15, 0.2) is 53.7 Å². The lowest BCUT2D eigenvalue weighted by molar-refractivity contribution is 0.627. The lowest BCUT2D eigenvalue weighted by Crippen LogP contribution is -2.14. The number of halogens is 1. The van der Waals surface area contributed by atoms with E-state index in [0.29, 0.717) is 0 Å². The molecule has 0 fully saturated rings. The van der Waals surface area contributed by atoms with E-state index in [-0.39, 0.29) is 5.82 Å². The molecule has 1 aliphatic rings. The predicted molar refractivity (Wildman–Crippen MR) is 94.2 cm³/mol. The molecule has 4 nitrogen and oxygen atoms in total. The molecule has 2 heterocycles. The minimum atomic E-state index is -0.228. The zero-order chi connectivity index (χ0) is 16.5. The van der Waals surface area contributed by atoms with Crippen molar-refractivity contribution in [2.75, 3.05) is 11.4 Å². The highest BCUT2D eigenvalue weighted by atomic mass is 32.2. The van der Waals surface area contributed by atoms with Gasteiger partial charge in [0.05, 0.1) is 0 Å². The Morgan fingerprint density at radius 3 is 2.62 bits per heavy atom. The van der Waals surface area contributed by atoms with E-state index in [0.717, 1.165) is 35.6 Å². The molecule has 3 aromatic rings. The molecule has 0 amide bonds. The second-order valence-corrected chi connectivity index (χ2v) is 6.72. The van der Waals surface area contributed by atoms with Crippen LogP contribution in [0.5, 0.6) is 0 Å². The van der Waals surface area contributed by atoms with E-state index in [4.69, 9.17) is 0 Å². The normalized spacial score (nSPS) is 13.3. The molecule has 0 spiro atoms. The van der Waals surface area contributed by atoms with Gasteiger partial charge in [-0.1, -0.05) is 36.0 Å². The van der Waals surface area contributed by atoms with E-state index in [1.54, 1.807) is 23.9 Å². The Morgan fingerprint density at radius 1 is 1.04 bits per heavy atom. The van der Waals surface area contributed by atoms with Crippen LogP contribution in [0.2, 0.25) is 0 Å². The fraction of sp³-hybridized carbons (Fsp3) is 0.222. The molecule has 0 saturated carbocycles. The van der Waals surface area contributed by atoms with Gasteiger partial charge >= 0.3 is 0 Å². The van der Waals surface area contributed by atoms with Crippen molar-refractivity contribution in [1.29, 1.82) is 0 Å². The van der Waals surface area contributed by atoms with Crippen molar-refractivity contribution in [2.45, 2.75) is 24.4 Å². The van der Waals surface area contributed by atoms with Crippen molar-refractivity contribution < 1.29 is 4.39 Å². The van der Waals surface area contributed by atoms with Gasteiger partial charge in [-0.05, 0) is 42.3 Å². The molecule has 0 unspecified atom stereocenters. The largest absolute Gasteiger partial charge is 0.309 e. The maximum absolute atomic E-state index is 13.1. The van der Waals surface area contributed by atoms with Crippen molar-refractivity contribution in [3.63, 3.8) is 0 Å². The lowest BCUT2D eigenvalue weighted by atomic mass is 10.1. The zero-order valence-corrected chi connectivity index (χ0v) is 14.1. The van der Waals surface area contributed by atoms with Gasteiger partial charge in [-0.15, -0.1) is 10.2 Å². The van der Waals surface area contributed by atoms with Gasteiger partial charge in [-0.3, -0.25) is 4.57 Å². The van der Waals surface area contributed by atoms with Gasteiger partial charge in [0, 0.05) is 24.5 Å². The number of aryl methyl sites for hydroxylation is 1. The molecule has 0 radical (unpaired) electrons. The Bertz CT molecular complexity index is 860. The molecule has 0 saturated heterocycles. The summed E-state index contributed by atoms with van der Waals surface area (Å²) in [5.41, 5.74) is 3.55. The number of hydrogen-bond donors (Lipinski definition) is 0. The van der Waals surface area contributed by atoms with Gasteiger partial charge in [0.15, 0.2) is 5.16 Å². The first-order valence-corrected chi connectivity index (χ1v) is 8.84. The first kappa shape index (κ1) is 15.2. The molecule has 0 atom stereocenters. The third-order valence-corrected chi connectivity index (χ3v) is 5.26. The third-order valence-electron chi connectivity index (χ3n) is 4.24. The summed E-state index contributed by atoms with van der Waals surface area (Å²) in [5.74, 6) is 1.48. The molecule has 24 heavy (non-hydrogen) atoms. The Balaban J connectivity index is 1.53. The Kier molecular flexibility index (Phi) is 3.98. The van der Waals surface area contributed by atoms with Crippen LogP contribution in [-0.2, 0) is 12.3 Å². The molecule has 0 N–H and O–H groups in total. The van der Waals surface area contributed by atoms with Crippen molar-refractivity contribution in [2.24, 2.45) is 0 Å². The summed E-state index contributed by atoms with van der Waals surface area (Å²) in [7, 11) is 0. The maximum Gasteiger partial charge on any atom is 0.232 e. The molecular formula is C18H17FN4S. The monoisotopic (exact) mass is 340 g/mol. The highest BCUT2D eigenvalue weighted by molar-refractivity contribution is 7.98. The van der Waals surface area contributed by atoms with E-state index in [1.165, 1.54) is 23.3 Å². The van der Waals surface area contributed by atoms with Crippen LogP contribution in [0, 0.1) is 12.7 Å². The maximum atomic E-state index is 13.1. The van der Waals surface area contributed by atoms with Gasteiger partial charge in [-0.25, -0.2) is 4.39 Å². The van der Waals surface area contributed by atoms with Crippen molar-refractivity contribution in [3.05, 3.63) is 65.5 Å². The molecule has 1 aromatic heterocycles. The number of thioether (sulfide) groups is 1. The van der Waals surface area contributed by atoms with Gasteiger partial charge in [0.2, 0.25) is 5.95 Å². The Labute approximate surface area is 144 Å². The summed E-state index contributed by atoms with van der Waals surface area (Å²) in [4.78, 5) is 2.07. The lowest BCUT2D eigenvalue weighted by Gasteiger charge is -2.14. The van der Waals surface area contributed by atoms with E-state index in [1.807, 2.05) is 0 Å².